The Morgan fingerprint density at radius 1 is 1.21 bits per heavy atom. The van der Waals surface area contributed by atoms with Gasteiger partial charge in [0.2, 0.25) is 12.7 Å². The molecule has 5 nitrogen and oxygen atoms in total. The van der Waals surface area contributed by atoms with Crippen LogP contribution in [0.25, 0.3) is 0 Å². The first-order chi connectivity index (χ1) is 13.7. The zero-order valence-electron chi connectivity index (χ0n) is 16.3. The lowest BCUT2D eigenvalue weighted by molar-refractivity contribution is -0.115. The number of nitrogens with zero attached hydrogens (tertiary/aromatic N) is 1. The number of fused-ring (bicyclic) bond motifs is 4. The van der Waals surface area contributed by atoms with E-state index in [0.717, 1.165) is 48.7 Å². The van der Waals surface area contributed by atoms with E-state index >= 15 is 0 Å². The third kappa shape index (κ3) is 3.24. The number of ether oxygens (including phenoxy) is 2. The molecule has 3 aliphatic rings. The van der Waals surface area contributed by atoms with E-state index < -0.39 is 0 Å². The average Bonchev–Trinajstić information content (AvgIpc) is 3.31. The van der Waals surface area contributed by atoms with E-state index in [9.17, 15) is 4.79 Å². The monoisotopic (exact) mass is 378 g/mol. The summed E-state index contributed by atoms with van der Waals surface area (Å²) in [5, 5.41) is 2.90. The van der Waals surface area contributed by atoms with Gasteiger partial charge in [-0.2, -0.15) is 0 Å². The van der Waals surface area contributed by atoms with Gasteiger partial charge in [0.25, 0.3) is 0 Å². The van der Waals surface area contributed by atoms with Gasteiger partial charge in [0.05, 0.1) is 6.42 Å². The summed E-state index contributed by atoms with van der Waals surface area (Å²) in [5.74, 6) is 2.52. The number of benzene rings is 2. The quantitative estimate of drug-likeness (QED) is 0.865. The van der Waals surface area contributed by atoms with E-state index in [1.54, 1.807) is 0 Å². The minimum Gasteiger partial charge on any atom is -0.454 e. The minimum absolute atomic E-state index is 0.0982. The van der Waals surface area contributed by atoms with E-state index in [1.165, 1.54) is 29.5 Å². The van der Waals surface area contributed by atoms with Crippen LogP contribution in [0.4, 0.5) is 5.69 Å². The Balaban J connectivity index is 1.23. The highest BCUT2D eigenvalue weighted by atomic mass is 16.7. The predicted molar refractivity (Wildman–Crippen MR) is 108 cm³/mol. The molecule has 2 aromatic carbocycles. The summed E-state index contributed by atoms with van der Waals surface area (Å²) in [6, 6.07) is 10.7. The van der Waals surface area contributed by atoms with Crippen LogP contribution in [-0.4, -0.2) is 37.7 Å². The number of nitrogens with one attached hydrogen (secondary N) is 1. The molecule has 1 N–H and O–H groups in total. The summed E-state index contributed by atoms with van der Waals surface area (Å²) in [5.41, 5.74) is 6.19. The SMILES string of the molecule is CN(CCc1ccc2c(c1)CC(=O)N2)C[C@@H]1CCCc2c1ccc1c2OCO1. The van der Waals surface area contributed by atoms with Crippen molar-refractivity contribution in [2.45, 2.75) is 38.0 Å². The number of hydrogen-bond acceptors (Lipinski definition) is 4. The first-order valence-electron chi connectivity index (χ1n) is 10.2. The maximum atomic E-state index is 11.5. The Labute approximate surface area is 165 Å². The van der Waals surface area contributed by atoms with Crippen molar-refractivity contribution in [2.75, 3.05) is 32.2 Å². The molecule has 5 heteroatoms. The van der Waals surface area contributed by atoms with Crippen molar-refractivity contribution in [3.63, 3.8) is 0 Å². The van der Waals surface area contributed by atoms with Crippen molar-refractivity contribution in [3.05, 3.63) is 52.6 Å². The zero-order valence-corrected chi connectivity index (χ0v) is 16.3. The highest BCUT2D eigenvalue weighted by Gasteiger charge is 2.28. The van der Waals surface area contributed by atoms with Crippen LogP contribution in [0.5, 0.6) is 11.5 Å². The summed E-state index contributed by atoms with van der Waals surface area (Å²) in [4.78, 5) is 14.0. The molecule has 2 aliphatic heterocycles. The maximum Gasteiger partial charge on any atom is 0.231 e. The molecule has 2 heterocycles. The molecule has 0 saturated heterocycles. The van der Waals surface area contributed by atoms with E-state index in [4.69, 9.17) is 9.47 Å². The van der Waals surface area contributed by atoms with Gasteiger partial charge in [0.1, 0.15) is 0 Å². The van der Waals surface area contributed by atoms with Crippen molar-refractivity contribution >= 4 is 11.6 Å². The molecule has 0 aromatic heterocycles. The molecule has 0 bridgehead atoms. The van der Waals surface area contributed by atoms with E-state index in [1.807, 2.05) is 6.07 Å². The molecule has 2 aromatic rings. The molecule has 0 unspecified atom stereocenters. The summed E-state index contributed by atoms with van der Waals surface area (Å²) >= 11 is 0. The second-order valence-electron chi connectivity index (χ2n) is 8.18. The standard InChI is InChI=1S/C23H26N2O3/c1-25(10-9-15-5-7-20-17(11-15)12-22(26)24-20)13-16-3-2-4-19-18(16)6-8-21-23(19)28-14-27-21/h5-8,11,16H,2-4,9-10,12-14H2,1H3,(H,24,26)/t16-/m0/s1. The van der Waals surface area contributed by atoms with Crippen molar-refractivity contribution in [2.24, 2.45) is 0 Å². The van der Waals surface area contributed by atoms with Gasteiger partial charge in [-0.3, -0.25) is 4.79 Å². The van der Waals surface area contributed by atoms with E-state index in [0.29, 0.717) is 19.1 Å². The molecule has 0 radical (unpaired) electrons. The predicted octanol–water partition coefficient (Wildman–Crippen LogP) is 3.50. The molecule has 1 aliphatic carbocycles. The Kier molecular flexibility index (Phi) is 4.47. The zero-order chi connectivity index (χ0) is 19.1. The number of carbonyl (C=O) groups is 1. The molecule has 146 valence electrons. The minimum atomic E-state index is 0.0982. The van der Waals surface area contributed by atoms with Gasteiger partial charge in [0.15, 0.2) is 11.5 Å². The van der Waals surface area contributed by atoms with Gasteiger partial charge < -0.3 is 19.7 Å². The van der Waals surface area contributed by atoms with E-state index in [-0.39, 0.29) is 5.91 Å². The first-order valence-corrected chi connectivity index (χ1v) is 10.2. The highest BCUT2D eigenvalue weighted by Crippen LogP contribution is 2.44. The summed E-state index contributed by atoms with van der Waals surface area (Å²) in [6.45, 7) is 2.41. The Bertz CT molecular complexity index is 924. The second kappa shape index (κ2) is 7.13. The normalized spacial score (nSPS) is 19.5. The van der Waals surface area contributed by atoms with Gasteiger partial charge in [0, 0.05) is 24.3 Å². The number of hydrogen-bond donors (Lipinski definition) is 1. The van der Waals surface area contributed by atoms with Crippen molar-refractivity contribution in [3.8, 4) is 11.5 Å². The van der Waals surface area contributed by atoms with Crippen LogP contribution in [0.2, 0.25) is 0 Å². The Morgan fingerprint density at radius 2 is 2.14 bits per heavy atom. The third-order valence-electron chi connectivity index (χ3n) is 6.21. The highest BCUT2D eigenvalue weighted by molar-refractivity contribution is 5.99. The van der Waals surface area contributed by atoms with Gasteiger partial charge in [-0.1, -0.05) is 18.2 Å². The molecule has 0 spiro atoms. The van der Waals surface area contributed by atoms with Crippen LogP contribution >= 0.6 is 0 Å². The van der Waals surface area contributed by atoms with Gasteiger partial charge in [-0.25, -0.2) is 0 Å². The number of rotatable bonds is 5. The molecule has 28 heavy (non-hydrogen) atoms. The molecule has 1 atom stereocenters. The van der Waals surface area contributed by atoms with Crippen molar-refractivity contribution in [1.82, 2.24) is 4.90 Å². The molecular weight excluding hydrogens is 352 g/mol. The largest absolute Gasteiger partial charge is 0.454 e. The second-order valence-corrected chi connectivity index (χ2v) is 8.18. The van der Waals surface area contributed by atoms with Crippen LogP contribution < -0.4 is 14.8 Å². The van der Waals surface area contributed by atoms with Gasteiger partial charge in [-0.15, -0.1) is 0 Å². The number of anilines is 1. The lowest BCUT2D eigenvalue weighted by atomic mass is 9.82. The molecule has 0 fully saturated rings. The topological polar surface area (TPSA) is 50.8 Å². The average molecular weight is 378 g/mol. The fraction of sp³-hybridized carbons (Fsp3) is 0.435. The number of likely N-dealkylation sites (N-methyl/N-ethyl adjacent to an activating group) is 1. The van der Waals surface area contributed by atoms with E-state index in [2.05, 4.69) is 41.5 Å². The summed E-state index contributed by atoms with van der Waals surface area (Å²) in [6.07, 6.45) is 5.03. The lowest BCUT2D eigenvalue weighted by Gasteiger charge is -2.30. The molecule has 5 rings (SSSR count). The lowest BCUT2D eigenvalue weighted by Crippen LogP contribution is -2.28. The summed E-state index contributed by atoms with van der Waals surface area (Å²) in [7, 11) is 2.21. The fourth-order valence-corrected chi connectivity index (χ4v) is 4.78. The third-order valence-corrected chi connectivity index (χ3v) is 6.21. The maximum absolute atomic E-state index is 11.5. The first kappa shape index (κ1) is 17.6. The Hall–Kier alpha value is -2.53. The van der Waals surface area contributed by atoms with Gasteiger partial charge in [-0.05, 0) is 67.5 Å². The van der Waals surface area contributed by atoms with Crippen molar-refractivity contribution in [1.29, 1.82) is 0 Å². The van der Waals surface area contributed by atoms with Crippen LogP contribution in [-0.2, 0) is 24.1 Å². The smallest absolute Gasteiger partial charge is 0.231 e. The Morgan fingerprint density at radius 3 is 3.07 bits per heavy atom. The van der Waals surface area contributed by atoms with Gasteiger partial charge >= 0.3 is 0 Å². The fourth-order valence-electron chi connectivity index (χ4n) is 4.78. The molecular formula is C23H26N2O3. The van der Waals surface area contributed by atoms with Crippen molar-refractivity contribution < 1.29 is 14.3 Å². The van der Waals surface area contributed by atoms with Crippen LogP contribution in [0.3, 0.4) is 0 Å². The number of amides is 1. The van der Waals surface area contributed by atoms with Crippen LogP contribution in [0.15, 0.2) is 30.3 Å². The van der Waals surface area contributed by atoms with Crippen LogP contribution in [0.1, 0.15) is 41.0 Å². The van der Waals surface area contributed by atoms with Crippen LogP contribution in [0, 0.1) is 0 Å². The number of carbonyl (C=O) groups excluding carboxylic acids is 1. The molecule has 1 amide bonds. The summed E-state index contributed by atoms with van der Waals surface area (Å²) < 4.78 is 11.3. The molecule has 0 saturated carbocycles.